The predicted octanol–water partition coefficient (Wildman–Crippen LogP) is 1.83. The van der Waals surface area contributed by atoms with Gasteiger partial charge in [0.15, 0.2) is 0 Å². The number of nitrogens with zero attached hydrogens (tertiary/aromatic N) is 1. The van der Waals surface area contributed by atoms with E-state index in [2.05, 4.69) is 6.92 Å². The molecule has 0 heterocycles. The zero-order chi connectivity index (χ0) is 13.5. The summed E-state index contributed by atoms with van der Waals surface area (Å²) in [4.78, 5) is 13.1. The van der Waals surface area contributed by atoms with Gasteiger partial charge < -0.3 is 15.7 Å². The molecule has 18 heavy (non-hydrogen) atoms. The van der Waals surface area contributed by atoms with Gasteiger partial charge in [0.25, 0.3) is 0 Å². The van der Waals surface area contributed by atoms with E-state index in [1.807, 2.05) is 29.2 Å². The van der Waals surface area contributed by atoms with Gasteiger partial charge in [-0.1, -0.05) is 31.5 Å². The molecule has 1 rings (SSSR count). The van der Waals surface area contributed by atoms with E-state index in [9.17, 15) is 9.90 Å². The summed E-state index contributed by atoms with van der Waals surface area (Å²) in [6.45, 7) is 4.77. The Morgan fingerprint density at radius 1 is 1.44 bits per heavy atom. The van der Waals surface area contributed by atoms with Crippen molar-refractivity contribution in [1.29, 1.82) is 0 Å². The van der Waals surface area contributed by atoms with Gasteiger partial charge in [-0.25, -0.2) is 0 Å². The number of primary amides is 1. The number of anilines is 1. The molecule has 1 aromatic carbocycles. The number of carbonyl (C=O) groups is 1. The Morgan fingerprint density at radius 3 is 2.67 bits per heavy atom. The third kappa shape index (κ3) is 4.04. The summed E-state index contributed by atoms with van der Waals surface area (Å²) in [6, 6.07) is 7.58. The monoisotopic (exact) mass is 250 g/mol. The molecule has 0 saturated carbocycles. The fourth-order valence-electron chi connectivity index (χ4n) is 1.95. The number of unbranched alkanes of at least 4 members (excludes halogenated alkanes) is 1. The minimum absolute atomic E-state index is 0.184. The maximum absolute atomic E-state index is 11.1. The molecule has 0 unspecified atom stereocenters. The highest BCUT2D eigenvalue weighted by atomic mass is 16.3. The number of aliphatic hydroxyl groups excluding tert-OH is 1. The fraction of sp³-hybridized carbons (Fsp3) is 0.500. The topological polar surface area (TPSA) is 66.6 Å². The lowest BCUT2D eigenvalue weighted by atomic mass is 10.1. The van der Waals surface area contributed by atoms with Crippen molar-refractivity contribution in [3.63, 3.8) is 0 Å². The van der Waals surface area contributed by atoms with Crippen LogP contribution in [0, 0.1) is 0 Å². The lowest BCUT2D eigenvalue weighted by Gasteiger charge is -2.26. The maximum atomic E-state index is 11.1. The lowest BCUT2D eigenvalue weighted by Crippen LogP contribution is -2.35. The quantitative estimate of drug-likeness (QED) is 0.776. The first kappa shape index (κ1) is 14.5. The Bertz CT molecular complexity index is 391. The van der Waals surface area contributed by atoms with Crippen molar-refractivity contribution in [3.05, 3.63) is 29.8 Å². The number of rotatable bonds is 7. The lowest BCUT2D eigenvalue weighted by molar-refractivity contribution is -0.116. The standard InChI is InChI=1S/C14H22N2O2/c1-3-4-9-16(10-14(15)18)13-8-6-5-7-12(13)11(2)17/h5-8,11,17H,3-4,9-10H2,1-2H3,(H2,15,18)/t11-/m0/s1. The molecule has 0 radical (unpaired) electrons. The van der Waals surface area contributed by atoms with Crippen molar-refractivity contribution < 1.29 is 9.90 Å². The van der Waals surface area contributed by atoms with Crippen molar-refractivity contribution >= 4 is 11.6 Å². The first-order chi connectivity index (χ1) is 8.56. The van der Waals surface area contributed by atoms with Crippen LogP contribution in [0.15, 0.2) is 24.3 Å². The zero-order valence-corrected chi connectivity index (χ0v) is 11.1. The number of nitrogens with two attached hydrogens (primary N) is 1. The summed E-state index contributed by atoms with van der Waals surface area (Å²) in [7, 11) is 0. The first-order valence-electron chi connectivity index (χ1n) is 6.36. The van der Waals surface area contributed by atoms with Gasteiger partial charge >= 0.3 is 0 Å². The normalized spacial score (nSPS) is 12.2. The molecule has 0 spiro atoms. The molecule has 0 aromatic heterocycles. The highest BCUT2D eigenvalue weighted by Crippen LogP contribution is 2.26. The number of benzene rings is 1. The average Bonchev–Trinajstić information content (AvgIpc) is 2.34. The Kier molecular flexibility index (Phi) is 5.65. The number of para-hydroxylation sites is 1. The highest BCUT2D eigenvalue weighted by molar-refractivity contribution is 5.80. The molecule has 100 valence electrons. The molecule has 0 bridgehead atoms. The second kappa shape index (κ2) is 7.01. The Labute approximate surface area is 108 Å². The third-order valence-electron chi connectivity index (χ3n) is 2.86. The zero-order valence-electron chi connectivity index (χ0n) is 11.1. The van der Waals surface area contributed by atoms with Gasteiger partial charge in [0.1, 0.15) is 0 Å². The maximum Gasteiger partial charge on any atom is 0.236 e. The molecular weight excluding hydrogens is 228 g/mol. The van der Waals surface area contributed by atoms with Crippen molar-refractivity contribution in [2.24, 2.45) is 5.73 Å². The van der Waals surface area contributed by atoms with Crippen molar-refractivity contribution in [2.75, 3.05) is 18.0 Å². The summed E-state index contributed by atoms with van der Waals surface area (Å²) in [5.41, 5.74) is 7.00. The Morgan fingerprint density at radius 2 is 2.11 bits per heavy atom. The summed E-state index contributed by atoms with van der Waals surface area (Å²) in [5, 5.41) is 9.77. The second-order valence-electron chi connectivity index (χ2n) is 4.48. The first-order valence-corrected chi connectivity index (χ1v) is 6.36. The molecule has 0 aliphatic carbocycles. The molecule has 3 N–H and O–H groups in total. The van der Waals surface area contributed by atoms with E-state index in [0.717, 1.165) is 30.6 Å². The number of amides is 1. The molecule has 1 amide bonds. The van der Waals surface area contributed by atoms with Crippen LogP contribution in [0.2, 0.25) is 0 Å². The molecular formula is C14H22N2O2. The predicted molar refractivity (Wildman–Crippen MR) is 73.4 cm³/mol. The largest absolute Gasteiger partial charge is 0.389 e. The molecule has 0 aliphatic rings. The smallest absolute Gasteiger partial charge is 0.236 e. The summed E-state index contributed by atoms with van der Waals surface area (Å²) < 4.78 is 0. The minimum Gasteiger partial charge on any atom is -0.389 e. The van der Waals surface area contributed by atoms with E-state index in [1.165, 1.54) is 0 Å². The van der Waals surface area contributed by atoms with Crippen LogP contribution in [0.25, 0.3) is 0 Å². The van der Waals surface area contributed by atoms with Gasteiger partial charge in [-0.05, 0) is 19.4 Å². The Hall–Kier alpha value is -1.55. The number of aliphatic hydroxyl groups is 1. The molecule has 4 nitrogen and oxygen atoms in total. The van der Waals surface area contributed by atoms with E-state index in [1.54, 1.807) is 6.92 Å². The van der Waals surface area contributed by atoms with E-state index >= 15 is 0 Å². The summed E-state index contributed by atoms with van der Waals surface area (Å²) in [6.07, 6.45) is 1.48. The van der Waals surface area contributed by atoms with Crippen molar-refractivity contribution in [3.8, 4) is 0 Å². The van der Waals surface area contributed by atoms with Crippen LogP contribution in [-0.2, 0) is 4.79 Å². The molecule has 0 saturated heterocycles. The van der Waals surface area contributed by atoms with Gasteiger partial charge in [-0.2, -0.15) is 0 Å². The molecule has 4 heteroatoms. The van der Waals surface area contributed by atoms with Crippen LogP contribution in [0.1, 0.15) is 38.4 Å². The van der Waals surface area contributed by atoms with E-state index in [4.69, 9.17) is 5.73 Å². The van der Waals surface area contributed by atoms with Gasteiger partial charge in [-0.15, -0.1) is 0 Å². The number of carbonyl (C=O) groups excluding carboxylic acids is 1. The summed E-state index contributed by atoms with van der Waals surface area (Å²) >= 11 is 0. The minimum atomic E-state index is -0.557. The number of hydrogen-bond donors (Lipinski definition) is 2. The van der Waals surface area contributed by atoms with Crippen LogP contribution < -0.4 is 10.6 Å². The van der Waals surface area contributed by atoms with Crippen LogP contribution in [-0.4, -0.2) is 24.1 Å². The van der Waals surface area contributed by atoms with Gasteiger partial charge in [0.2, 0.25) is 5.91 Å². The number of hydrogen-bond acceptors (Lipinski definition) is 3. The van der Waals surface area contributed by atoms with Gasteiger partial charge in [-0.3, -0.25) is 4.79 Å². The molecule has 0 fully saturated rings. The highest BCUT2D eigenvalue weighted by Gasteiger charge is 2.15. The van der Waals surface area contributed by atoms with E-state index < -0.39 is 6.10 Å². The SMILES string of the molecule is CCCCN(CC(N)=O)c1ccccc1[C@H](C)O. The molecule has 1 aromatic rings. The van der Waals surface area contributed by atoms with Crippen LogP contribution in [0.4, 0.5) is 5.69 Å². The molecule has 1 atom stereocenters. The molecule has 0 aliphatic heterocycles. The van der Waals surface area contributed by atoms with Crippen molar-refractivity contribution in [2.45, 2.75) is 32.8 Å². The van der Waals surface area contributed by atoms with Crippen molar-refractivity contribution in [1.82, 2.24) is 0 Å². The van der Waals surface area contributed by atoms with Crippen LogP contribution in [0.5, 0.6) is 0 Å². The fourth-order valence-corrected chi connectivity index (χ4v) is 1.95. The van der Waals surface area contributed by atoms with Gasteiger partial charge in [0, 0.05) is 17.8 Å². The van der Waals surface area contributed by atoms with Gasteiger partial charge in [0.05, 0.1) is 12.6 Å². The van der Waals surface area contributed by atoms with E-state index in [-0.39, 0.29) is 12.5 Å². The summed E-state index contributed by atoms with van der Waals surface area (Å²) in [5.74, 6) is -0.355. The van der Waals surface area contributed by atoms with E-state index in [0.29, 0.717) is 0 Å². The second-order valence-corrected chi connectivity index (χ2v) is 4.48. The van der Waals surface area contributed by atoms with Crippen LogP contribution >= 0.6 is 0 Å². The van der Waals surface area contributed by atoms with Crippen LogP contribution in [0.3, 0.4) is 0 Å². The third-order valence-corrected chi connectivity index (χ3v) is 2.86. The Balaban J connectivity index is 2.99. The average molecular weight is 250 g/mol.